The highest BCUT2D eigenvalue weighted by atomic mass is 16.6. The Morgan fingerprint density at radius 3 is 2.33 bits per heavy atom. The Hall–Kier alpha value is -2.81. The molecule has 27 heavy (non-hydrogen) atoms. The summed E-state index contributed by atoms with van der Waals surface area (Å²) in [6, 6.07) is 7.96. The average Bonchev–Trinajstić information content (AvgIpc) is 2.56. The predicted molar refractivity (Wildman–Crippen MR) is 97.6 cm³/mol. The van der Waals surface area contributed by atoms with Crippen LogP contribution in [0.4, 0.5) is 9.59 Å². The summed E-state index contributed by atoms with van der Waals surface area (Å²) in [7, 11) is 0. The van der Waals surface area contributed by atoms with Gasteiger partial charge in [-0.25, -0.2) is 9.59 Å². The first-order valence-corrected chi connectivity index (χ1v) is 8.48. The molecule has 0 aromatic heterocycles. The molecule has 0 saturated carbocycles. The number of hydrogen-bond donors (Lipinski definition) is 4. The Bertz CT molecular complexity index is 630. The molecule has 1 aromatic rings. The van der Waals surface area contributed by atoms with E-state index in [1.807, 2.05) is 30.3 Å². The average molecular weight is 381 g/mol. The Kier molecular flexibility index (Phi) is 8.53. The Labute approximate surface area is 158 Å². The van der Waals surface area contributed by atoms with Crippen molar-refractivity contribution in [3.8, 4) is 0 Å². The van der Waals surface area contributed by atoms with Crippen LogP contribution in [0.3, 0.4) is 0 Å². The van der Waals surface area contributed by atoms with Gasteiger partial charge in [-0.2, -0.15) is 0 Å². The molecule has 9 nitrogen and oxygen atoms in total. The lowest BCUT2D eigenvalue weighted by Crippen LogP contribution is -2.49. The molecular weight excluding hydrogens is 354 g/mol. The molecule has 0 aliphatic heterocycles. The number of hydrogen-bond acceptors (Lipinski definition) is 6. The highest BCUT2D eigenvalue weighted by Crippen LogP contribution is 2.08. The zero-order valence-corrected chi connectivity index (χ0v) is 15.7. The number of primary amides is 1. The summed E-state index contributed by atoms with van der Waals surface area (Å²) in [5.41, 5.74) is 5.31. The topological polar surface area (TPSA) is 140 Å². The number of nitrogens with two attached hydrogens (primary N) is 1. The smallest absolute Gasteiger partial charge is 0.408 e. The fraction of sp³-hybridized carbons (Fsp3) is 0.500. The number of amides is 3. The van der Waals surface area contributed by atoms with Gasteiger partial charge in [0.15, 0.2) is 0 Å². The van der Waals surface area contributed by atoms with Gasteiger partial charge in [-0.3, -0.25) is 4.79 Å². The van der Waals surface area contributed by atoms with Crippen molar-refractivity contribution < 1.29 is 29.0 Å². The van der Waals surface area contributed by atoms with Gasteiger partial charge < -0.3 is 30.9 Å². The molecule has 0 aliphatic rings. The molecule has 0 unspecified atom stereocenters. The van der Waals surface area contributed by atoms with E-state index < -0.39 is 35.8 Å². The lowest BCUT2D eigenvalue weighted by Gasteiger charge is -2.23. The van der Waals surface area contributed by atoms with Crippen LogP contribution in [0.2, 0.25) is 0 Å². The molecule has 0 fully saturated rings. The van der Waals surface area contributed by atoms with E-state index in [1.54, 1.807) is 20.8 Å². The number of benzene rings is 1. The van der Waals surface area contributed by atoms with Gasteiger partial charge in [0, 0.05) is 13.0 Å². The maximum absolute atomic E-state index is 11.7. The minimum atomic E-state index is -1.14. The number of alkyl carbamates (subject to hydrolysis) is 2. The molecule has 0 spiro atoms. The SMILES string of the molecule is CC(C)(C)OC(=O)N[C@@H](C[C@@H](O)CNC(=O)OCc1ccccc1)C(N)=O. The zero-order valence-electron chi connectivity index (χ0n) is 15.7. The van der Waals surface area contributed by atoms with Crippen molar-refractivity contribution >= 4 is 18.1 Å². The monoisotopic (exact) mass is 381 g/mol. The molecule has 3 amide bonds. The van der Waals surface area contributed by atoms with Gasteiger partial charge in [0.25, 0.3) is 0 Å². The summed E-state index contributed by atoms with van der Waals surface area (Å²) in [5.74, 6) is -0.827. The van der Waals surface area contributed by atoms with Gasteiger partial charge in [-0.05, 0) is 26.3 Å². The lowest BCUT2D eigenvalue weighted by atomic mass is 10.1. The van der Waals surface area contributed by atoms with Crippen LogP contribution in [0.15, 0.2) is 30.3 Å². The second-order valence-corrected chi connectivity index (χ2v) is 6.93. The Balaban J connectivity index is 2.38. The van der Waals surface area contributed by atoms with Gasteiger partial charge in [0.05, 0.1) is 6.10 Å². The third-order valence-corrected chi connectivity index (χ3v) is 3.24. The predicted octanol–water partition coefficient (Wildman–Crippen LogP) is 1.04. The van der Waals surface area contributed by atoms with Crippen LogP contribution in [0.25, 0.3) is 0 Å². The third-order valence-electron chi connectivity index (χ3n) is 3.24. The molecule has 0 heterocycles. The maximum atomic E-state index is 11.7. The Morgan fingerprint density at radius 1 is 1.15 bits per heavy atom. The number of nitrogens with one attached hydrogen (secondary N) is 2. The van der Waals surface area contributed by atoms with E-state index in [9.17, 15) is 19.5 Å². The summed E-state index contributed by atoms with van der Waals surface area (Å²) in [4.78, 5) is 34.8. The van der Waals surface area contributed by atoms with E-state index in [2.05, 4.69) is 10.6 Å². The fourth-order valence-electron chi connectivity index (χ4n) is 2.03. The van der Waals surface area contributed by atoms with Crippen LogP contribution in [0, 0.1) is 0 Å². The zero-order chi connectivity index (χ0) is 20.4. The van der Waals surface area contributed by atoms with Gasteiger partial charge >= 0.3 is 12.2 Å². The summed E-state index contributed by atoms with van der Waals surface area (Å²) in [6.07, 6.45) is -2.85. The summed E-state index contributed by atoms with van der Waals surface area (Å²) in [6.45, 7) is 4.93. The van der Waals surface area contributed by atoms with Crippen LogP contribution in [-0.4, -0.2) is 47.5 Å². The van der Waals surface area contributed by atoms with E-state index in [4.69, 9.17) is 15.2 Å². The minimum absolute atomic E-state index is 0.0902. The van der Waals surface area contributed by atoms with Crippen LogP contribution >= 0.6 is 0 Å². The van der Waals surface area contributed by atoms with E-state index in [0.717, 1.165) is 5.56 Å². The van der Waals surface area contributed by atoms with Gasteiger partial charge in [-0.1, -0.05) is 30.3 Å². The molecule has 2 atom stereocenters. The van der Waals surface area contributed by atoms with Crippen LogP contribution in [0.1, 0.15) is 32.8 Å². The van der Waals surface area contributed by atoms with Crippen LogP contribution in [0.5, 0.6) is 0 Å². The first-order valence-electron chi connectivity index (χ1n) is 8.48. The van der Waals surface area contributed by atoms with E-state index in [1.165, 1.54) is 0 Å². The number of aliphatic hydroxyl groups excluding tert-OH is 1. The van der Waals surface area contributed by atoms with Crippen molar-refractivity contribution in [2.24, 2.45) is 5.73 Å². The number of carbonyl (C=O) groups excluding carboxylic acids is 3. The normalized spacial score (nSPS) is 13.2. The van der Waals surface area contributed by atoms with Crippen molar-refractivity contribution in [2.45, 2.75) is 51.5 Å². The van der Waals surface area contributed by atoms with E-state index >= 15 is 0 Å². The van der Waals surface area contributed by atoms with Crippen molar-refractivity contribution in [3.05, 3.63) is 35.9 Å². The summed E-state index contributed by atoms with van der Waals surface area (Å²) in [5, 5.41) is 14.7. The van der Waals surface area contributed by atoms with E-state index in [-0.39, 0.29) is 19.6 Å². The first-order chi connectivity index (χ1) is 12.6. The number of rotatable bonds is 8. The molecule has 9 heteroatoms. The van der Waals surface area contributed by atoms with Gasteiger partial charge in [0.2, 0.25) is 5.91 Å². The molecule has 0 radical (unpaired) electrons. The summed E-state index contributed by atoms with van der Waals surface area (Å²) < 4.78 is 10.1. The second kappa shape index (κ2) is 10.4. The lowest BCUT2D eigenvalue weighted by molar-refractivity contribution is -0.120. The fourth-order valence-corrected chi connectivity index (χ4v) is 2.03. The van der Waals surface area contributed by atoms with Gasteiger partial charge in [0.1, 0.15) is 18.2 Å². The first kappa shape index (κ1) is 22.2. The molecule has 150 valence electrons. The second-order valence-electron chi connectivity index (χ2n) is 6.93. The quantitative estimate of drug-likeness (QED) is 0.530. The summed E-state index contributed by atoms with van der Waals surface area (Å²) >= 11 is 0. The largest absolute Gasteiger partial charge is 0.445 e. The van der Waals surface area contributed by atoms with Crippen molar-refractivity contribution in [1.29, 1.82) is 0 Å². The maximum Gasteiger partial charge on any atom is 0.408 e. The number of aliphatic hydroxyl groups is 1. The molecule has 5 N–H and O–H groups in total. The molecule has 0 saturated heterocycles. The molecular formula is C18H27N3O6. The highest BCUT2D eigenvalue weighted by Gasteiger charge is 2.25. The van der Waals surface area contributed by atoms with Crippen molar-refractivity contribution in [2.75, 3.05) is 6.54 Å². The number of carbonyl (C=O) groups is 3. The third kappa shape index (κ3) is 10.0. The van der Waals surface area contributed by atoms with Crippen molar-refractivity contribution in [3.63, 3.8) is 0 Å². The van der Waals surface area contributed by atoms with Crippen LogP contribution < -0.4 is 16.4 Å². The van der Waals surface area contributed by atoms with Crippen molar-refractivity contribution in [1.82, 2.24) is 10.6 Å². The van der Waals surface area contributed by atoms with Crippen LogP contribution in [-0.2, 0) is 20.9 Å². The molecule has 0 aliphatic carbocycles. The standard InChI is InChI=1S/C18H27N3O6/c1-18(2,3)27-17(25)21-14(15(19)23)9-13(22)10-20-16(24)26-11-12-7-5-4-6-8-12/h4-8,13-14,22H,9-11H2,1-3H3,(H2,19,23)(H,20,24)(H,21,25)/t13-,14+/m1/s1. The minimum Gasteiger partial charge on any atom is -0.445 e. The molecule has 1 aromatic carbocycles. The van der Waals surface area contributed by atoms with E-state index in [0.29, 0.717) is 0 Å². The highest BCUT2D eigenvalue weighted by molar-refractivity contribution is 5.84. The Morgan fingerprint density at radius 2 is 1.78 bits per heavy atom. The molecule has 1 rings (SSSR count). The molecule has 0 bridgehead atoms. The number of ether oxygens (including phenoxy) is 2. The van der Waals surface area contributed by atoms with Gasteiger partial charge in [-0.15, -0.1) is 0 Å².